The van der Waals surface area contributed by atoms with Crippen molar-refractivity contribution in [3.05, 3.63) is 11.3 Å². The summed E-state index contributed by atoms with van der Waals surface area (Å²) in [5, 5.41) is 8.94. The van der Waals surface area contributed by atoms with Crippen molar-refractivity contribution in [2.24, 2.45) is 0 Å². The lowest BCUT2D eigenvalue weighted by molar-refractivity contribution is -0.145. The van der Waals surface area contributed by atoms with E-state index < -0.39 is 12.0 Å². The first-order chi connectivity index (χ1) is 8.06. The third-order valence-corrected chi connectivity index (χ3v) is 2.81. The van der Waals surface area contributed by atoms with Crippen molar-refractivity contribution in [1.29, 1.82) is 5.26 Å². The lowest BCUT2D eigenvalue weighted by Gasteiger charge is -2.21. The molecule has 1 heterocycles. The summed E-state index contributed by atoms with van der Waals surface area (Å²) in [4.78, 5) is 24.4. The fourth-order valence-electron chi connectivity index (χ4n) is 1.87. The van der Waals surface area contributed by atoms with E-state index in [0.717, 1.165) is 0 Å². The van der Waals surface area contributed by atoms with Crippen LogP contribution in [0.1, 0.15) is 12.8 Å². The molecule has 1 fully saturated rings. The number of methoxy groups -OCH3 is 2. The molecule has 0 amide bonds. The van der Waals surface area contributed by atoms with E-state index in [9.17, 15) is 9.59 Å². The normalized spacial score (nSPS) is 21.8. The third-order valence-electron chi connectivity index (χ3n) is 2.81. The number of nitriles is 1. The second kappa shape index (κ2) is 5.34. The Morgan fingerprint density at radius 3 is 2.53 bits per heavy atom. The molecule has 92 valence electrons. The van der Waals surface area contributed by atoms with Crippen LogP contribution in [0.25, 0.3) is 0 Å². The summed E-state index contributed by atoms with van der Waals surface area (Å²) in [6.07, 6.45) is 1.01. The van der Waals surface area contributed by atoms with Crippen molar-refractivity contribution in [2.45, 2.75) is 18.9 Å². The summed E-state index contributed by atoms with van der Waals surface area (Å²) in [5.41, 5.74) is 0.469. The minimum absolute atomic E-state index is 0.0543. The molecule has 0 aliphatic carbocycles. The van der Waals surface area contributed by atoms with Crippen LogP contribution >= 0.6 is 0 Å². The van der Waals surface area contributed by atoms with Crippen molar-refractivity contribution in [3.8, 4) is 6.07 Å². The first-order valence-electron chi connectivity index (χ1n) is 5.09. The summed E-state index contributed by atoms with van der Waals surface area (Å²) < 4.78 is 9.17. The topological polar surface area (TPSA) is 79.6 Å². The maximum Gasteiger partial charge on any atom is 0.350 e. The first-order valence-corrected chi connectivity index (χ1v) is 5.09. The molecule has 6 heteroatoms. The molecule has 1 rings (SSSR count). The molecule has 0 spiro atoms. The predicted molar refractivity (Wildman–Crippen MR) is 57.5 cm³/mol. The van der Waals surface area contributed by atoms with Gasteiger partial charge < -0.3 is 14.4 Å². The van der Waals surface area contributed by atoms with E-state index in [-0.39, 0.29) is 11.5 Å². The van der Waals surface area contributed by atoms with Gasteiger partial charge in [0.25, 0.3) is 0 Å². The number of hydrogen-bond acceptors (Lipinski definition) is 6. The zero-order valence-corrected chi connectivity index (χ0v) is 10.0. The molecule has 0 aromatic rings. The Labute approximate surface area is 99.4 Å². The first kappa shape index (κ1) is 13.0. The zero-order valence-electron chi connectivity index (χ0n) is 10.0. The van der Waals surface area contributed by atoms with Gasteiger partial charge in [0.2, 0.25) is 0 Å². The number of carbonyl (C=O) groups is 2. The Kier molecular flexibility index (Phi) is 4.10. The van der Waals surface area contributed by atoms with E-state index in [0.29, 0.717) is 18.5 Å². The fourth-order valence-corrected chi connectivity index (χ4v) is 1.87. The quantitative estimate of drug-likeness (QED) is 0.388. The Morgan fingerprint density at radius 2 is 2.06 bits per heavy atom. The van der Waals surface area contributed by atoms with Crippen molar-refractivity contribution >= 4 is 11.9 Å². The van der Waals surface area contributed by atoms with Crippen LogP contribution < -0.4 is 0 Å². The van der Waals surface area contributed by atoms with Gasteiger partial charge in [-0.1, -0.05) is 0 Å². The van der Waals surface area contributed by atoms with Crippen molar-refractivity contribution < 1.29 is 19.1 Å². The van der Waals surface area contributed by atoms with Crippen LogP contribution in [0, 0.1) is 11.3 Å². The molecule has 6 nitrogen and oxygen atoms in total. The molecule has 0 aromatic heterocycles. The molecule has 0 saturated carbocycles. The van der Waals surface area contributed by atoms with Crippen molar-refractivity contribution in [1.82, 2.24) is 4.90 Å². The summed E-state index contributed by atoms with van der Waals surface area (Å²) in [7, 11) is 4.18. The predicted octanol–water partition coefficient (Wildman–Crippen LogP) is 0.204. The fraction of sp³-hybridized carbons (Fsp3) is 0.545. The maximum absolute atomic E-state index is 11.4. The molecular formula is C11H14N2O4. The lowest BCUT2D eigenvalue weighted by atomic mass is 10.1. The highest BCUT2D eigenvalue weighted by Crippen LogP contribution is 2.29. The summed E-state index contributed by atoms with van der Waals surface area (Å²) in [6, 6.07) is 1.37. The van der Waals surface area contributed by atoms with E-state index in [2.05, 4.69) is 9.47 Å². The largest absolute Gasteiger partial charge is 0.467 e. The molecule has 0 bridgehead atoms. The Balaban J connectivity index is 3.03. The standard InChI is InChI=1S/C11H14N2O4/c1-13-8(7(6-12)10(14)16-2)4-5-9(13)11(15)17-3/h9H,4-5H2,1-3H3/b8-7+/t9-/m0/s1. The van der Waals surface area contributed by atoms with Gasteiger partial charge in [-0.25, -0.2) is 9.59 Å². The van der Waals surface area contributed by atoms with Gasteiger partial charge in [-0.15, -0.1) is 0 Å². The summed E-state index contributed by atoms with van der Waals surface area (Å²) in [6.45, 7) is 0. The monoisotopic (exact) mass is 238 g/mol. The Morgan fingerprint density at radius 1 is 1.41 bits per heavy atom. The van der Waals surface area contributed by atoms with Crippen LogP contribution in [0.4, 0.5) is 0 Å². The van der Waals surface area contributed by atoms with Gasteiger partial charge in [0.1, 0.15) is 12.1 Å². The van der Waals surface area contributed by atoms with Gasteiger partial charge in [0.05, 0.1) is 14.2 Å². The van der Waals surface area contributed by atoms with Gasteiger partial charge in [0.15, 0.2) is 5.57 Å². The zero-order chi connectivity index (χ0) is 13.0. The average Bonchev–Trinajstić information content (AvgIpc) is 2.71. The van der Waals surface area contributed by atoms with Gasteiger partial charge in [-0.3, -0.25) is 0 Å². The molecule has 17 heavy (non-hydrogen) atoms. The number of ether oxygens (including phenoxy) is 2. The molecule has 1 aliphatic rings. The molecule has 0 unspecified atom stereocenters. The molecule has 1 atom stereocenters. The lowest BCUT2D eigenvalue weighted by Crippen LogP contribution is -2.33. The van der Waals surface area contributed by atoms with Crippen LogP contribution in [0.5, 0.6) is 0 Å². The number of nitrogens with zero attached hydrogens (tertiary/aromatic N) is 2. The van der Waals surface area contributed by atoms with E-state index in [1.165, 1.54) is 14.2 Å². The van der Waals surface area contributed by atoms with Crippen LogP contribution in [-0.2, 0) is 19.1 Å². The number of likely N-dealkylation sites (tertiary alicyclic amines) is 1. The van der Waals surface area contributed by atoms with Gasteiger partial charge >= 0.3 is 11.9 Å². The maximum atomic E-state index is 11.4. The Bertz CT molecular complexity index is 408. The van der Waals surface area contributed by atoms with Gasteiger partial charge in [-0.2, -0.15) is 5.26 Å². The molecule has 1 saturated heterocycles. The highest BCUT2D eigenvalue weighted by Gasteiger charge is 2.35. The molecular weight excluding hydrogens is 224 g/mol. The van der Waals surface area contributed by atoms with Crippen molar-refractivity contribution in [2.75, 3.05) is 21.3 Å². The number of esters is 2. The van der Waals surface area contributed by atoms with Crippen LogP contribution in [0.15, 0.2) is 11.3 Å². The highest BCUT2D eigenvalue weighted by molar-refractivity contribution is 5.93. The van der Waals surface area contributed by atoms with Gasteiger partial charge in [-0.05, 0) is 12.8 Å². The molecule has 0 radical (unpaired) electrons. The Hall–Kier alpha value is -2.03. The molecule has 1 aliphatic heterocycles. The smallest absolute Gasteiger partial charge is 0.350 e. The summed E-state index contributed by atoms with van der Waals surface area (Å²) >= 11 is 0. The molecule has 0 aromatic carbocycles. The van der Waals surface area contributed by atoms with E-state index in [1.807, 2.05) is 6.07 Å². The van der Waals surface area contributed by atoms with E-state index >= 15 is 0 Å². The third kappa shape index (κ3) is 2.38. The number of hydrogen-bond donors (Lipinski definition) is 0. The number of likely N-dealkylation sites (N-methyl/N-ethyl adjacent to an activating group) is 1. The van der Waals surface area contributed by atoms with Crippen LogP contribution in [-0.4, -0.2) is 44.1 Å². The second-order valence-corrected chi connectivity index (χ2v) is 3.61. The van der Waals surface area contributed by atoms with E-state index in [4.69, 9.17) is 5.26 Å². The van der Waals surface area contributed by atoms with Crippen LogP contribution in [0.3, 0.4) is 0 Å². The SMILES string of the molecule is COC(=O)/C(C#N)=C1\CC[C@@H](C(=O)OC)N1C. The number of allylic oxidation sites excluding steroid dienone is 1. The molecule has 0 N–H and O–H groups in total. The summed E-state index contributed by atoms with van der Waals surface area (Å²) in [5.74, 6) is -1.05. The highest BCUT2D eigenvalue weighted by atomic mass is 16.5. The minimum Gasteiger partial charge on any atom is -0.467 e. The van der Waals surface area contributed by atoms with Crippen molar-refractivity contribution in [3.63, 3.8) is 0 Å². The van der Waals surface area contributed by atoms with Gasteiger partial charge in [0, 0.05) is 12.7 Å². The minimum atomic E-state index is -0.681. The average molecular weight is 238 g/mol. The number of carbonyl (C=O) groups excluding carboxylic acids is 2. The van der Waals surface area contributed by atoms with E-state index in [1.54, 1.807) is 11.9 Å². The van der Waals surface area contributed by atoms with Crippen LogP contribution in [0.2, 0.25) is 0 Å². The second-order valence-electron chi connectivity index (χ2n) is 3.61. The number of rotatable bonds is 2.